The van der Waals surface area contributed by atoms with E-state index in [1.807, 2.05) is 29.2 Å². The average Bonchev–Trinajstić information content (AvgIpc) is 2.82. The van der Waals surface area contributed by atoms with Crippen molar-refractivity contribution in [2.75, 3.05) is 44.3 Å². The van der Waals surface area contributed by atoms with Crippen molar-refractivity contribution in [3.05, 3.63) is 48.0 Å². The Morgan fingerprint density at radius 3 is 2.41 bits per heavy atom. The van der Waals surface area contributed by atoms with Crippen LogP contribution in [-0.2, 0) is 10.9 Å². The predicted molar refractivity (Wildman–Crippen MR) is 133 cm³/mol. The minimum atomic E-state index is -4.36. The largest absolute Gasteiger partial charge is 0.416 e. The summed E-state index contributed by atoms with van der Waals surface area (Å²) in [6.45, 7) is 5.95. The van der Waals surface area contributed by atoms with Crippen LogP contribution in [0.5, 0.6) is 0 Å². The van der Waals surface area contributed by atoms with Crippen LogP contribution in [0, 0.1) is 0 Å². The molecule has 0 spiro atoms. The summed E-state index contributed by atoms with van der Waals surface area (Å²) in [7, 11) is 0. The van der Waals surface area contributed by atoms with E-state index in [0.717, 1.165) is 60.8 Å². The number of hydrogen-bond donors (Lipinski definition) is 1. The number of para-hydroxylation sites is 1. The molecule has 0 amide bonds. The van der Waals surface area contributed by atoms with Gasteiger partial charge in [-0.25, -0.2) is 0 Å². The lowest BCUT2D eigenvalue weighted by atomic mass is 9.88. The monoisotopic (exact) mass is 516 g/mol. The van der Waals surface area contributed by atoms with E-state index in [1.54, 1.807) is 6.07 Å². The lowest BCUT2D eigenvalue weighted by Gasteiger charge is -2.41. The zero-order valence-electron chi connectivity index (χ0n) is 19.3. The van der Waals surface area contributed by atoms with E-state index in [9.17, 15) is 13.2 Å². The number of benzene rings is 2. The van der Waals surface area contributed by atoms with Crippen LogP contribution in [0.15, 0.2) is 52.3 Å². The van der Waals surface area contributed by atoms with Crippen molar-refractivity contribution in [1.29, 1.82) is 0 Å². The lowest BCUT2D eigenvalue weighted by molar-refractivity contribution is -0.137. The first-order chi connectivity index (χ1) is 15.8. The molecule has 0 unspecified atom stereocenters. The molecule has 0 saturated carbocycles. The second kappa shape index (κ2) is 11.5. The fourth-order valence-corrected chi connectivity index (χ4v) is 5.82. The van der Waals surface area contributed by atoms with Crippen molar-refractivity contribution in [1.82, 2.24) is 4.90 Å². The molecule has 0 aliphatic carbocycles. The maximum atomic E-state index is 13.4. The van der Waals surface area contributed by atoms with Crippen molar-refractivity contribution in [3.63, 3.8) is 0 Å². The van der Waals surface area contributed by atoms with Gasteiger partial charge in [-0.3, -0.25) is 0 Å². The van der Waals surface area contributed by atoms with Crippen LogP contribution in [0.1, 0.15) is 38.2 Å². The molecule has 1 N–H and O–H groups in total. The number of alkyl halides is 3. The zero-order valence-corrected chi connectivity index (χ0v) is 20.9. The maximum absolute atomic E-state index is 13.4. The van der Waals surface area contributed by atoms with Crippen LogP contribution in [0.25, 0.3) is 0 Å². The summed E-state index contributed by atoms with van der Waals surface area (Å²) in [4.78, 5) is 6.37. The average molecular weight is 517 g/mol. The number of piperidine rings is 1. The van der Waals surface area contributed by atoms with E-state index in [-0.39, 0.29) is 24.6 Å². The first-order valence-corrected chi connectivity index (χ1v) is 12.4. The Labute approximate surface area is 209 Å². The number of aliphatic hydroxyl groups is 1. The molecule has 188 valence electrons. The maximum Gasteiger partial charge on any atom is 0.416 e. The van der Waals surface area contributed by atoms with Gasteiger partial charge in [0.05, 0.1) is 35.8 Å². The van der Waals surface area contributed by atoms with Crippen LogP contribution in [0.3, 0.4) is 0 Å². The third kappa shape index (κ3) is 6.02. The van der Waals surface area contributed by atoms with Gasteiger partial charge < -0.3 is 19.6 Å². The molecular formula is C25H32ClF3N2O2S. The summed E-state index contributed by atoms with van der Waals surface area (Å²) >= 11 is 1.52. The van der Waals surface area contributed by atoms with Gasteiger partial charge in [-0.1, -0.05) is 30.8 Å². The summed E-state index contributed by atoms with van der Waals surface area (Å²) in [5, 5.41) is 9.10. The van der Waals surface area contributed by atoms with Crippen molar-refractivity contribution in [3.8, 4) is 0 Å². The highest BCUT2D eigenvalue weighted by atomic mass is 35.5. The van der Waals surface area contributed by atoms with Gasteiger partial charge in [0.2, 0.25) is 0 Å². The van der Waals surface area contributed by atoms with Crippen LogP contribution >= 0.6 is 24.2 Å². The number of nitrogens with zero attached hydrogens (tertiary/aromatic N) is 2. The van der Waals surface area contributed by atoms with E-state index >= 15 is 0 Å². The second-order valence-corrected chi connectivity index (χ2v) is 9.79. The first-order valence-electron chi connectivity index (χ1n) is 11.6. The summed E-state index contributed by atoms with van der Waals surface area (Å²) in [6, 6.07) is 12.0. The molecule has 0 bridgehead atoms. The standard InChI is InChI=1S/C25H31F3N2O2S.ClH/c1-2-24(32-17-16-31)10-14-29(15-11-24)12-5-13-30-20-6-3-4-7-22(20)33-23-9-8-19(18-21(23)30)25(26,27)28;/h3-4,6-9,18,31H,2,5,10-17H2,1H3;1H. The van der Waals surface area contributed by atoms with Crippen molar-refractivity contribution < 1.29 is 23.0 Å². The van der Waals surface area contributed by atoms with Crippen molar-refractivity contribution >= 4 is 35.5 Å². The predicted octanol–water partition coefficient (Wildman–Crippen LogP) is 6.37. The number of rotatable bonds is 8. The molecule has 1 fully saturated rings. The molecule has 9 heteroatoms. The quantitative estimate of drug-likeness (QED) is 0.441. The summed E-state index contributed by atoms with van der Waals surface area (Å²) in [5.74, 6) is 0. The Morgan fingerprint density at radius 2 is 1.74 bits per heavy atom. The van der Waals surface area contributed by atoms with Crippen LogP contribution in [0.2, 0.25) is 0 Å². The SMILES string of the molecule is CCC1(OCCO)CCN(CCCN2c3ccccc3Sc3ccc(C(F)(F)F)cc32)CC1.Cl. The molecule has 0 atom stereocenters. The summed E-state index contributed by atoms with van der Waals surface area (Å²) in [6.07, 6.45) is -0.707. The van der Waals surface area contributed by atoms with Gasteiger partial charge in [-0.15, -0.1) is 12.4 Å². The Bertz CT molecular complexity index is 952. The second-order valence-electron chi connectivity index (χ2n) is 8.71. The highest BCUT2D eigenvalue weighted by Gasteiger charge is 2.35. The molecule has 2 aliphatic heterocycles. The van der Waals surface area contributed by atoms with Gasteiger partial charge in [0, 0.05) is 29.4 Å². The first kappa shape index (κ1) is 27.1. The van der Waals surface area contributed by atoms with Gasteiger partial charge in [0.25, 0.3) is 0 Å². The van der Waals surface area contributed by atoms with Gasteiger partial charge in [-0.05, 0) is 62.6 Å². The van der Waals surface area contributed by atoms with Gasteiger partial charge in [0.15, 0.2) is 0 Å². The fraction of sp³-hybridized carbons (Fsp3) is 0.520. The van der Waals surface area contributed by atoms with E-state index in [4.69, 9.17) is 9.84 Å². The minimum absolute atomic E-state index is 0. The summed E-state index contributed by atoms with van der Waals surface area (Å²) in [5.41, 5.74) is 0.848. The molecule has 4 nitrogen and oxygen atoms in total. The zero-order chi connectivity index (χ0) is 23.5. The number of aliphatic hydroxyl groups excluding tert-OH is 1. The highest BCUT2D eigenvalue weighted by molar-refractivity contribution is 7.99. The van der Waals surface area contributed by atoms with Crippen LogP contribution in [0.4, 0.5) is 24.5 Å². The van der Waals surface area contributed by atoms with Gasteiger partial charge in [-0.2, -0.15) is 13.2 Å². The van der Waals surface area contributed by atoms with Gasteiger partial charge in [0.1, 0.15) is 0 Å². The van der Waals surface area contributed by atoms with Crippen molar-refractivity contribution in [2.24, 2.45) is 0 Å². The lowest BCUT2D eigenvalue weighted by Crippen LogP contribution is -2.46. The van der Waals surface area contributed by atoms with E-state index in [0.29, 0.717) is 18.8 Å². The number of hydrogen-bond acceptors (Lipinski definition) is 5. The summed E-state index contributed by atoms with van der Waals surface area (Å²) < 4.78 is 46.1. The molecule has 0 aromatic heterocycles. The molecule has 2 heterocycles. The molecule has 0 radical (unpaired) electrons. The van der Waals surface area contributed by atoms with E-state index in [1.165, 1.54) is 23.9 Å². The number of ether oxygens (including phenoxy) is 1. The normalized spacial score (nSPS) is 17.6. The third-order valence-corrected chi connectivity index (χ3v) is 7.85. The molecule has 1 saturated heterocycles. The fourth-order valence-electron chi connectivity index (χ4n) is 4.75. The van der Waals surface area contributed by atoms with Gasteiger partial charge >= 0.3 is 6.18 Å². The van der Waals surface area contributed by atoms with E-state index in [2.05, 4.69) is 11.8 Å². The highest BCUT2D eigenvalue weighted by Crippen LogP contribution is 2.49. The number of likely N-dealkylation sites (tertiary alicyclic amines) is 1. The van der Waals surface area contributed by atoms with Crippen LogP contribution < -0.4 is 4.90 Å². The Kier molecular flexibility index (Phi) is 9.20. The molecule has 2 aromatic rings. The van der Waals surface area contributed by atoms with Crippen molar-refractivity contribution in [2.45, 2.75) is 54.2 Å². The van der Waals surface area contributed by atoms with E-state index < -0.39 is 11.7 Å². The third-order valence-electron chi connectivity index (χ3n) is 6.72. The number of fused-ring (bicyclic) bond motifs is 2. The Balaban J connectivity index is 0.00000324. The number of anilines is 2. The molecule has 2 aliphatic rings. The Morgan fingerprint density at radius 1 is 1.03 bits per heavy atom. The smallest absolute Gasteiger partial charge is 0.394 e. The van der Waals surface area contributed by atoms with Crippen LogP contribution in [-0.4, -0.2) is 55.0 Å². The molecule has 4 rings (SSSR count). The molecule has 34 heavy (non-hydrogen) atoms. The topological polar surface area (TPSA) is 35.9 Å². The minimum Gasteiger partial charge on any atom is -0.394 e. The molecule has 2 aromatic carbocycles. The Hall–Kier alpha value is -1.45. The molecular weight excluding hydrogens is 485 g/mol. The number of halogens is 4.